The van der Waals surface area contributed by atoms with Crippen molar-refractivity contribution in [3.8, 4) is 11.4 Å². The van der Waals surface area contributed by atoms with Gasteiger partial charge < -0.3 is 15.1 Å². The summed E-state index contributed by atoms with van der Waals surface area (Å²) in [6.07, 6.45) is 0. The summed E-state index contributed by atoms with van der Waals surface area (Å²) in [6.45, 7) is 4.39. The van der Waals surface area contributed by atoms with Crippen LogP contribution in [0.1, 0.15) is 25.0 Å². The molecule has 2 aromatic carbocycles. The van der Waals surface area contributed by atoms with Gasteiger partial charge in [0.25, 0.3) is 5.91 Å². The number of imide groups is 1. The number of hydrogen-bond acceptors (Lipinski definition) is 6. The first-order valence-corrected chi connectivity index (χ1v) is 9.13. The number of fused-ring (bicyclic) bond motifs is 1. The number of aliphatic hydroxyl groups is 1. The van der Waals surface area contributed by atoms with Crippen LogP contribution in [0, 0.1) is 6.92 Å². The van der Waals surface area contributed by atoms with Gasteiger partial charge in [0.2, 0.25) is 0 Å². The maximum atomic E-state index is 12.6. The highest BCUT2D eigenvalue weighted by Gasteiger charge is 2.51. The molecule has 0 radical (unpaired) electrons. The molecule has 0 spiro atoms. The lowest BCUT2D eigenvalue weighted by Gasteiger charge is -2.28. The number of benzene rings is 2. The van der Waals surface area contributed by atoms with Gasteiger partial charge in [0.05, 0.1) is 6.54 Å². The van der Waals surface area contributed by atoms with Gasteiger partial charge in [-0.05, 0) is 44.5 Å². The molecule has 2 heterocycles. The molecule has 0 aliphatic carbocycles. The number of hydrogen-bond donors (Lipinski definition) is 2. The van der Waals surface area contributed by atoms with E-state index >= 15 is 0 Å². The number of aromatic nitrogens is 3. The van der Waals surface area contributed by atoms with Crippen LogP contribution in [-0.2, 0) is 11.3 Å². The Morgan fingerprint density at radius 1 is 1.07 bits per heavy atom. The zero-order valence-electron chi connectivity index (χ0n) is 16.3. The van der Waals surface area contributed by atoms with Crippen molar-refractivity contribution in [1.82, 2.24) is 24.8 Å². The van der Waals surface area contributed by atoms with Gasteiger partial charge in [0, 0.05) is 5.56 Å². The van der Waals surface area contributed by atoms with Gasteiger partial charge in [0.1, 0.15) is 34.7 Å². The van der Waals surface area contributed by atoms with Crippen LogP contribution in [0.4, 0.5) is 4.79 Å². The van der Waals surface area contributed by atoms with Crippen LogP contribution in [-0.4, -0.2) is 59.2 Å². The van der Waals surface area contributed by atoms with Crippen molar-refractivity contribution in [2.75, 3.05) is 6.73 Å². The number of nitrogens with zero attached hydrogens (tertiary/aromatic N) is 5. The molecule has 1 aliphatic heterocycles. The van der Waals surface area contributed by atoms with Gasteiger partial charge in [-0.1, -0.05) is 18.2 Å². The van der Waals surface area contributed by atoms with E-state index < -0.39 is 24.2 Å². The topological polar surface area (TPSA) is 112 Å². The van der Waals surface area contributed by atoms with E-state index in [9.17, 15) is 19.8 Å². The molecular formula is C20H21N5O4. The van der Waals surface area contributed by atoms with E-state index in [0.717, 1.165) is 10.5 Å². The fourth-order valence-corrected chi connectivity index (χ4v) is 3.55. The Morgan fingerprint density at radius 2 is 1.69 bits per heavy atom. The summed E-state index contributed by atoms with van der Waals surface area (Å²) in [5.74, 6) is -0.563. The summed E-state index contributed by atoms with van der Waals surface area (Å²) in [5, 5.41) is 29.1. The van der Waals surface area contributed by atoms with E-state index in [1.165, 1.54) is 9.70 Å². The van der Waals surface area contributed by atoms with Gasteiger partial charge in [0.15, 0.2) is 0 Å². The van der Waals surface area contributed by atoms with Gasteiger partial charge in [-0.25, -0.2) is 9.69 Å². The van der Waals surface area contributed by atoms with Crippen molar-refractivity contribution < 1.29 is 19.8 Å². The Morgan fingerprint density at radius 3 is 2.24 bits per heavy atom. The van der Waals surface area contributed by atoms with Crippen molar-refractivity contribution in [2.24, 2.45) is 0 Å². The van der Waals surface area contributed by atoms with Crippen LogP contribution in [0.2, 0.25) is 0 Å². The first kappa shape index (κ1) is 18.9. The van der Waals surface area contributed by atoms with Crippen LogP contribution < -0.4 is 0 Å². The van der Waals surface area contributed by atoms with Crippen LogP contribution in [0.3, 0.4) is 0 Å². The number of aryl methyl sites for hydroxylation is 1. The van der Waals surface area contributed by atoms with Crippen molar-refractivity contribution >= 4 is 23.0 Å². The highest BCUT2D eigenvalue weighted by Crippen LogP contribution is 2.34. The standard InChI is InChI=1S/C20H21N5O4/c1-12-8-13(10-24-19(29)23(11-26)18(28)20(24,2)3)17(27)16(9-12)25-21-14-6-4-5-7-15(14)22-25/h4-9,26-27H,10-11H2,1-3H3. The molecule has 1 fully saturated rings. The lowest BCUT2D eigenvalue weighted by Crippen LogP contribution is -2.43. The third-order valence-corrected chi connectivity index (χ3v) is 5.19. The molecule has 3 amide bonds. The number of phenols is 1. The molecule has 1 saturated heterocycles. The second-order valence-electron chi connectivity index (χ2n) is 7.57. The minimum absolute atomic E-state index is 0.00459. The van der Waals surface area contributed by atoms with Crippen molar-refractivity contribution in [1.29, 1.82) is 0 Å². The fourth-order valence-electron chi connectivity index (χ4n) is 3.55. The van der Waals surface area contributed by atoms with Gasteiger partial charge in [-0.15, -0.1) is 15.0 Å². The molecule has 0 saturated carbocycles. The Bertz CT molecular complexity index is 1100. The minimum atomic E-state index is -1.14. The second-order valence-corrected chi connectivity index (χ2v) is 7.57. The number of urea groups is 1. The van der Waals surface area contributed by atoms with E-state index in [0.29, 0.717) is 22.3 Å². The lowest BCUT2D eigenvalue weighted by atomic mass is 10.0. The number of carbonyl (C=O) groups is 2. The predicted octanol–water partition coefficient (Wildman–Crippen LogP) is 1.93. The molecule has 0 atom stereocenters. The summed E-state index contributed by atoms with van der Waals surface area (Å²) < 4.78 is 0. The number of rotatable bonds is 4. The fraction of sp³-hybridized carbons (Fsp3) is 0.300. The molecule has 0 bridgehead atoms. The maximum Gasteiger partial charge on any atom is 0.329 e. The molecule has 4 rings (SSSR count). The second kappa shape index (κ2) is 6.56. The molecule has 9 nitrogen and oxygen atoms in total. The predicted molar refractivity (Wildman–Crippen MR) is 104 cm³/mol. The molecule has 3 aromatic rings. The van der Waals surface area contributed by atoms with Gasteiger partial charge in [-0.2, -0.15) is 0 Å². The molecule has 1 aliphatic rings. The molecule has 2 N–H and O–H groups in total. The van der Waals surface area contributed by atoms with Crippen LogP contribution in [0.5, 0.6) is 5.75 Å². The third-order valence-electron chi connectivity index (χ3n) is 5.19. The number of phenolic OH excluding ortho intramolecular Hbond substituents is 1. The highest BCUT2D eigenvalue weighted by molar-refractivity contribution is 6.06. The lowest BCUT2D eigenvalue weighted by molar-refractivity contribution is -0.134. The minimum Gasteiger partial charge on any atom is -0.505 e. The van der Waals surface area contributed by atoms with Crippen molar-refractivity contribution in [3.05, 3.63) is 47.5 Å². The molecule has 29 heavy (non-hydrogen) atoms. The van der Waals surface area contributed by atoms with Crippen molar-refractivity contribution in [3.63, 3.8) is 0 Å². The van der Waals surface area contributed by atoms with E-state index in [4.69, 9.17) is 0 Å². The SMILES string of the molecule is Cc1cc(CN2C(=O)N(CO)C(=O)C2(C)C)c(O)c(-n2nc3ccccc3n2)c1. The molecule has 150 valence electrons. The molecule has 1 aromatic heterocycles. The highest BCUT2D eigenvalue weighted by atomic mass is 16.3. The zero-order chi connectivity index (χ0) is 20.9. The summed E-state index contributed by atoms with van der Waals surface area (Å²) in [6, 6.07) is 10.3. The Kier molecular flexibility index (Phi) is 4.27. The summed E-state index contributed by atoms with van der Waals surface area (Å²) in [5.41, 5.74) is 1.91. The average Bonchev–Trinajstić information content (AvgIpc) is 3.17. The Hall–Kier alpha value is -3.46. The van der Waals surface area contributed by atoms with Crippen molar-refractivity contribution in [2.45, 2.75) is 32.9 Å². The smallest absolute Gasteiger partial charge is 0.329 e. The average molecular weight is 395 g/mol. The molecule has 0 unspecified atom stereocenters. The molecule has 9 heteroatoms. The third kappa shape index (κ3) is 2.90. The summed E-state index contributed by atoms with van der Waals surface area (Å²) in [7, 11) is 0. The van der Waals surface area contributed by atoms with Crippen LogP contribution in [0.15, 0.2) is 36.4 Å². The van der Waals surface area contributed by atoms with E-state index in [-0.39, 0.29) is 12.3 Å². The first-order valence-electron chi connectivity index (χ1n) is 9.13. The molecular weight excluding hydrogens is 374 g/mol. The number of carbonyl (C=O) groups excluding carboxylic acids is 2. The maximum absolute atomic E-state index is 12.6. The Balaban J connectivity index is 1.76. The van der Waals surface area contributed by atoms with Gasteiger partial charge >= 0.3 is 6.03 Å². The van der Waals surface area contributed by atoms with Gasteiger partial charge in [-0.3, -0.25) is 4.79 Å². The number of aliphatic hydroxyl groups excluding tert-OH is 1. The number of amides is 3. The summed E-state index contributed by atoms with van der Waals surface area (Å²) in [4.78, 5) is 28.5. The first-order chi connectivity index (χ1) is 13.7. The Labute approximate surface area is 166 Å². The zero-order valence-corrected chi connectivity index (χ0v) is 16.3. The summed E-state index contributed by atoms with van der Waals surface area (Å²) >= 11 is 0. The quantitative estimate of drug-likeness (QED) is 0.653. The van der Waals surface area contributed by atoms with Crippen LogP contribution in [0.25, 0.3) is 16.7 Å². The number of aromatic hydroxyl groups is 1. The van der Waals surface area contributed by atoms with E-state index in [2.05, 4.69) is 10.2 Å². The van der Waals surface area contributed by atoms with E-state index in [1.807, 2.05) is 31.2 Å². The van der Waals surface area contributed by atoms with Crippen LogP contribution >= 0.6 is 0 Å². The monoisotopic (exact) mass is 395 g/mol. The van der Waals surface area contributed by atoms with E-state index in [1.54, 1.807) is 26.0 Å². The normalized spacial score (nSPS) is 16.3. The largest absolute Gasteiger partial charge is 0.505 e.